The van der Waals surface area contributed by atoms with Crippen molar-refractivity contribution in [3.8, 4) is 0 Å². The third-order valence-electron chi connectivity index (χ3n) is 10.1. The van der Waals surface area contributed by atoms with Gasteiger partial charge in [0.15, 0.2) is 0 Å². The van der Waals surface area contributed by atoms with Gasteiger partial charge >= 0.3 is 25.7 Å². The smallest absolute Gasteiger partial charge is 0.432 e. The van der Waals surface area contributed by atoms with Crippen LogP contribution in [0.15, 0.2) is 199 Å². The van der Waals surface area contributed by atoms with Gasteiger partial charge in [0.25, 0.3) is 0 Å². The third-order valence-corrected chi connectivity index (χ3v) is 11.7. The summed E-state index contributed by atoms with van der Waals surface area (Å²) < 4.78 is 49.2. The lowest BCUT2D eigenvalue weighted by molar-refractivity contribution is -0.174. The number of carbonyl (C=O) groups is 3. The highest BCUT2D eigenvalue weighted by molar-refractivity contribution is 7.48. The zero-order valence-electron chi connectivity index (χ0n) is 37.1. The first-order valence-electron chi connectivity index (χ1n) is 21.1. The average Bonchev–Trinajstić information content (AvgIpc) is 3.31. The first-order valence-corrected chi connectivity index (χ1v) is 22.5. The Balaban J connectivity index is 1.28. The SMILES string of the molecule is CC(C(=O)OC(C)OP(=O)(OC(C)OC(=O)C(C)=C(c1ccccc1)c1ccccc1)OC(C)OC(=O)C(C)=C(c1ccccc1)c1ccccc1)=C(c1ccccc1)c1ccccc1. The molecule has 6 aromatic rings. The molecule has 0 aliphatic rings. The van der Waals surface area contributed by atoms with Crippen LogP contribution in [-0.4, -0.2) is 36.8 Å². The van der Waals surface area contributed by atoms with Crippen molar-refractivity contribution in [2.45, 2.75) is 60.4 Å². The zero-order valence-corrected chi connectivity index (χ0v) is 38.0. The zero-order chi connectivity index (χ0) is 46.3. The fraction of sp³-hybridized carbons (Fsp3) is 0.167. The molecule has 0 amide bonds. The van der Waals surface area contributed by atoms with Crippen LogP contribution in [0.3, 0.4) is 0 Å². The minimum absolute atomic E-state index is 0.240. The third kappa shape index (κ3) is 12.8. The molecule has 3 atom stereocenters. The monoisotopic (exact) mass is 890 g/mol. The van der Waals surface area contributed by atoms with Crippen LogP contribution >= 0.6 is 7.82 Å². The minimum atomic E-state index is -4.95. The van der Waals surface area contributed by atoms with Crippen molar-refractivity contribution < 1.29 is 46.7 Å². The number of hydrogen-bond donors (Lipinski definition) is 0. The summed E-state index contributed by atoms with van der Waals surface area (Å²) in [5.74, 6) is -2.34. The first kappa shape index (κ1) is 47.5. The van der Waals surface area contributed by atoms with E-state index >= 15 is 0 Å². The quantitative estimate of drug-likeness (QED) is 0.0271. The fourth-order valence-electron chi connectivity index (χ4n) is 7.14. The maximum atomic E-state index is 14.8. The Kier molecular flexibility index (Phi) is 16.5. The van der Waals surface area contributed by atoms with E-state index in [-0.39, 0.29) is 16.7 Å². The van der Waals surface area contributed by atoms with Gasteiger partial charge in [0, 0.05) is 16.7 Å². The van der Waals surface area contributed by atoms with Gasteiger partial charge in [-0.05, 0) is 91.6 Å². The number of ether oxygens (including phenoxy) is 3. The van der Waals surface area contributed by atoms with Crippen molar-refractivity contribution in [1.29, 1.82) is 0 Å². The number of hydrogen-bond acceptors (Lipinski definition) is 10. The fourth-order valence-corrected chi connectivity index (χ4v) is 8.51. The predicted molar refractivity (Wildman–Crippen MR) is 251 cm³/mol. The summed E-state index contributed by atoms with van der Waals surface area (Å²) in [6, 6.07) is 56.0. The van der Waals surface area contributed by atoms with Gasteiger partial charge in [-0.3, -0.25) is 0 Å². The first-order chi connectivity index (χ1) is 31.3. The molecule has 0 saturated carbocycles. The van der Waals surface area contributed by atoms with Crippen molar-refractivity contribution in [2.75, 3.05) is 0 Å². The van der Waals surface area contributed by atoms with Crippen LogP contribution < -0.4 is 0 Å². The summed E-state index contributed by atoms with van der Waals surface area (Å²) >= 11 is 0. The minimum Gasteiger partial charge on any atom is -0.432 e. The molecular weight excluding hydrogens is 840 g/mol. The summed E-state index contributed by atoms with van der Waals surface area (Å²) in [6.07, 6.45) is -4.68. The molecule has 0 heterocycles. The van der Waals surface area contributed by atoms with E-state index in [4.69, 9.17) is 27.8 Å². The maximum absolute atomic E-state index is 14.8. The highest BCUT2D eigenvalue weighted by Crippen LogP contribution is 2.53. The molecule has 10 nitrogen and oxygen atoms in total. The number of esters is 3. The Bertz CT molecular complexity index is 2260. The second-order valence-electron chi connectivity index (χ2n) is 14.9. The maximum Gasteiger partial charge on any atom is 0.484 e. The molecule has 11 heteroatoms. The number of phosphoric ester groups is 1. The van der Waals surface area contributed by atoms with Crippen LogP contribution in [0.1, 0.15) is 74.9 Å². The van der Waals surface area contributed by atoms with E-state index in [9.17, 15) is 18.9 Å². The van der Waals surface area contributed by atoms with Crippen molar-refractivity contribution in [3.05, 3.63) is 232 Å². The highest BCUT2D eigenvalue weighted by Gasteiger charge is 2.38. The molecule has 0 fully saturated rings. The van der Waals surface area contributed by atoms with E-state index in [1.54, 1.807) is 20.8 Å². The molecule has 65 heavy (non-hydrogen) atoms. The van der Waals surface area contributed by atoms with Crippen molar-refractivity contribution >= 4 is 42.4 Å². The van der Waals surface area contributed by atoms with Gasteiger partial charge in [-0.25, -0.2) is 32.5 Å². The lowest BCUT2D eigenvalue weighted by Gasteiger charge is -2.27. The number of rotatable bonds is 18. The van der Waals surface area contributed by atoms with E-state index in [0.717, 1.165) is 33.4 Å². The molecule has 0 aliphatic carbocycles. The molecule has 3 unspecified atom stereocenters. The standard InChI is InChI=1S/C54H51O10P/c1-37(49(43-25-13-7-14-26-43)44-27-15-8-16-28-44)52(55)59-40(4)62-65(58,63-41(5)60-53(56)38(2)50(45-29-17-9-18-30-45)46-31-19-10-20-32-46)64-42(6)61-54(57)39(3)51(47-33-21-11-22-34-47)48-35-23-12-24-36-48/h7-36,40-42H,1-6H3. The normalized spacial score (nSPS) is 13.1. The van der Waals surface area contributed by atoms with Crippen molar-refractivity contribution in [3.63, 3.8) is 0 Å². The lowest BCUT2D eigenvalue weighted by atomic mass is 9.93. The number of carbonyl (C=O) groups excluding carboxylic acids is 3. The molecule has 6 aromatic carbocycles. The molecule has 0 spiro atoms. The van der Waals surface area contributed by atoms with Gasteiger partial charge in [0.2, 0.25) is 18.9 Å². The van der Waals surface area contributed by atoms with E-state index < -0.39 is 44.6 Å². The van der Waals surface area contributed by atoms with Crippen LogP contribution in [0.5, 0.6) is 0 Å². The Morgan fingerprint density at radius 2 is 0.508 bits per heavy atom. The number of benzene rings is 6. The molecule has 0 radical (unpaired) electrons. The average molecular weight is 891 g/mol. The Morgan fingerprint density at radius 1 is 0.338 bits per heavy atom. The van der Waals surface area contributed by atoms with Gasteiger partial charge < -0.3 is 14.2 Å². The summed E-state index contributed by atoms with van der Waals surface area (Å²) in [5.41, 5.74) is 7.17. The molecule has 0 bridgehead atoms. The summed E-state index contributed by atoms with van der Waals surface area (Å²) in [7, 11) is -4.95. The van der Waals surface area contributed by atoms with Crippen LogP contribution in [0, 0.1) is 0 Å². The highest BCUT2D eigenvalue weighted by atomic mass is 31.2. The van der Waals surface area contributed by atoms with Crippen molar-refractivity contribution in [2.24, 2.45) is 0 Å². The van der Waals surface area contributed by atoms with Crippen LogP contribution in [0.4, 0.5) is 0 Å². The Labute approximate surface area is 380 Å². The Hall–Kier alpha value is -6.94. The molecule has 0 saturated heterocycles. The molecule has 0 aromatic heterocycles. The molecule has 6 rings (SSSR count). The van der Waals surface area contributed by atoms with Crippen LogP contribution in [0.2, 0.25) is 0 Å². The molecule has 332 valence electrons. The van der Waals surface area contributed by atoms with Crippen LogP contribution in [0.25, 0.3) is 16.7 Å². The second-order valence-corrected chi connectivity index (χ2v) is 16.4. The van der Waals surface area contributed by atoms with Crippen molar-refractivity contribution in [1.82, 2.24) is 0 Å². The summed E-state index contributed by atoms with van der Waals surface area (Å²) in [4.78, 5) is 41.5. The van der Waals surface area contributed by atoms with E-state index in [1.165, 1.54) is 20.8 Å². The van der Waals surface area contributed by atoms with Gasteiger partial charge in [-0.15, -0.1) is 0 Å². The summed E-state index contributed by atoms with van der Waals surface area (Å²) in [5, 5.41) is 0. The summed E-state index contributed by atoms with van der Waals surface area (Å²) in [6.45, 7) is 8.85. The second kappa shape index (κ2) is 22.6. The number of phosphoric acid groups is 1. The van der Waals surface area contributed by atoms with Gasteiger partial charge in [0.1, 0.15) is 0 Å². The van der Waals surface area contributed by atoms with E-state index in [1.807, 2.05) is 182 Å². The predicted octanol–water partition coefficient (Wildman–Crippen LogP) is 12.4. The lowest BCUT2D eigenvalue weighted by Crippen LogP contribution is -2.26. The van der Waals surface area contributed by atoms with E-state index in [2.05, 4.69) is 0 Å². The van der Waals surface area contributed by atoms with Gasteiger partial charge in [0.05, 0.1) is 0 Å². The van der Waals surface area contributed by atoms with Gasteiger partial charge in [-0.1, -0.05) is 182 Å². The molecule has 0 aliphatic heterocycles. The largest absolute Gasteiger partial charge is 0.484 e. The topological polar surface area (TPSA) is 124 Å². The van der Waals surface area contributed by atoms with Gasteiger partial charge in [-0.2, -0.15) is 0 Å². The van der Waals surface area contributed by atoms with E-state index in [0.29, 0.717) is 16.7 Å². The molecular formula is C54H51O10P. The Morgan fingerprint density at radius 3 is 0.677 bits per heavy atom. The van der Waals surface area contributed by atoms with Crippen LogP contribution in [-0.2, 0) is 46.7 Å². The molecule has 0 N–H and O–H groups in total.